The number of carboxylic acid groups (broad SMARTS) is 1. The third-order valence-electron chi connectivity index (χ3n) is 0. The number of carbonyl (C=O) groups is 1. The van der Waals surface area contributed by atoms with Crippen molar-refractivity contribution < 1.29 is 15.0 Å². The molecule has 0 atom stereocenters. The van der Waals surface area contributed by atoms with E-state index in [0.29, 0.717) is 0 Å². The Morgan fingerprint density at radius 3 is 1.50 bits per heavy atom. The smallest absolute Gasteiger partial charge is 0.300 e. The lowest BCUT2D eigenvalue weighted by molar-refractivity contribution is -0.134. The highest BCUT2D eigenvalue weighted by atomic mass is 35.5. The zero-order chi connectivity index (χ0) is 8.99. The number of hydrogen-bond acceptors (Lipinski definition) is 2. The molecule has 2 N–H and O–H groups in total. The van der Waals surface area contributed by atoms with Crippen LogP contribution >= 0.6 is 23.2 Å². The van der Waals surface area contributed by atoms with Crippen molar-refractivity contribution in [1.82, 2.24) is 0 Å². The van der Waals surface area contributed by atoms with Crippen LogP contribution < -0.4 is 0 Å². The summed E-state index contributed by atoms with van der Waals surface area (Å²) in [6.07, 6.45) is 0. The van der Waals surface area contributed by atoms with Gasteiger partial charge in [0.1, 0.15) is 0 Å². The van der Waals surface area contributed by atoms with E-state index >= 15 is 0 Å². The first kappa shape index (κ1) is 16.5. The SMILES string of the molecule is CC(=O)O.CCO.ClCCl. The molecule has 0 saturated heterocycles. The largest absolute Gasteiger partial charge is 0.481 e. The fourth-order valence-electron chi connectivity index (χ4n) is 0. The molecule has 0 unspecified atom stereocenters. The molecule has 3 nitrogen and oxygen atoms in total. The molecule has 0 fully saturated rings. The summed E-state index contributed by atoms with van der Waals surface area (Å²) in [7, 11) is 0. The Hall–Kier alpha value is 0.01000. The minimum absolute atomic E-state index is 0.194. The van der Waals surface area contributed by atoms with E-state index in [1.54, 1.807) is 6.92 Å². The van der Waals surface area contributed by atoms with E-state index in [9.17, 15) is 0 Å². The second-order valence-corrected chi connectivity index (χ2v) is 1.74. The number of rotatable bonds is 0. The maximum Gasteiger partial charge on any atom is 0.300 e. The van der Waals surface area contributed by atoms with Gasteiger partial charge < -0.3 is 10.2 Å². The topological polar surface area (TPSA) is 57.5 Å². The van der Waals surface area contributed by atoms with Crippen LogP contribution in [0.3, 0.4) is 0 Å². The molecule has 0 radical (unpaired) electrons. The number of aliphatic carboxylic acids is 1. The number of halogens is 2. The van der Waals surface area contributed by atoms with Gasteiger partial charge >= 0.3 is 0 Å². The van der Waals surface area contributed by atoms with E-state index in [2.05, 4.69) is 0 Å². The fourth-order valence-corrected chi connectivity index (χ4v) is 0. The molecule has 0 aliphatic heterocycles. The van der Waals surface area contributed by atoms with E-state index < -0.39 is 5.97 Å². The zero-order valence-corrected chi connectivity index (χ0v) is 7.48. The van der Waals surface area contributed by atoms with Gasteiger partial charge in [-0.25, -0.2) is 0 Å². The second-order valence-electron chi connectivity index (χ2n) is 0.936. The van der Waals surface area contributed by atoms with Gasteiger partial charge in [0.15, 0.2) is 0 Å². The normalized spacial score (nSPS) is 6.10. The summed E-state index contributed by atoms with van der Waals surface area (Å²) in [5.41, 5.74) is 0. The Labute approximate surface area is 70.6 Å². The van der Waals surface area contributed by atoms with Crippen LogP contribution in [0.25, 0.3) is 0 Å². The van der Waals surface area contributed by atoms with E-state index in [0.717, 1.165) is 6.92 Å². The van der Waals surface area contributed by atoms with Crippen LogP contribution in [0.4, 0.5) is 0 Å². The average molecular weight is 191 g/mol. The first-order valence-corrected chi connectivity index (χ1v) is 3.55. The fraction of sp³-hybridized carbons (Fsp3) is 0.800. The summed E-state index contributed by atoms with van der Waals surface area (Å²) >= 11 is 9.53. The van der Waals surface area contributed by atoms with Gasteiger partial charge in [0.05, 0.1) is 5.34 Å². The monoisotopic (exact) mass is 190 g/mol. The maximum atomic E-state index is 9.00. The van der Waals surface area contributed by atoms with E-state index in [-0.39, 0.29) is 11.9 Å². The van der Waals surface area contributed by atoms with E-state index in [1.165, 1.54) is 0 Å². The summed E-state index contributed by atoms with van der Waals surface area (Å²) in [4.78, 5) is 9.00. The summed E-state index contributed by atoms with van der Waals surface area (Å²) in [5.74, 6) is -0.833. The molecule has 0 saturated carbocycles. The predicted molar refractivity (Wildman–Crippen MR) is 42.6 cm³/mol. The molecule has 0 spiro atoms. The van der Waals surface area contributed by atoms with E-state index in [4.69, 9.17) is 38.2 Å². The molecule has 64 valence electrons. The number of aliphatic hydroxyl groups excluding tert-OH is 1. The lowest BCUT2D eigenvalue weighted by atomic mass is 10.9. The minimum atomic E-state index is -0.833. The van der Waals surface area contributed by atoms with E-state index in [1.807, 2.05) is 0 Å². The maximum absolute atomic E-state index is 9.00. The standard InChI is InChI=1S/C2H4O2.C2H6O.CH2Cl2/c1-2(3)4;1-2-3;2-1-3/h1H3,(H,3,4);3H,2H2,1H3;1H2. The summed E-state index contributed by atoms with van der Waals surface area (Å²) in [6, 6.07) is 0. The zero-order valence-electron chi connectivity index (χ0n) is 5.97. The Balaban J connectivity index is -0.0000000750. The highest BCUT2D eigenvalue weighted by molar-refractivity contribution is 6.40. The molecular formula is C5H12Cl2O3. The van der Waals surface area contributed by atoms with Crippen LogP contribution in [0.5, 0.6) is 0 Å². The summed E-state index contributed by atoms with van der Waals surface area (Å²) in [6.45, 7) is 3.01. The molecule has 0 rings (SSSR count). The molecule has 5 heteroatoms. The van der Waals surface area contributed by atoms with Crippen molar-refractivity contribution in [2.45, 2.75) is 13.8 Å². The van der Waals surface area contributed by atoms with Crippen molar-refractivity contribution in [2.24, 2.45) is 0 Å². The van der Waals surface area contributed by atoms with Crippen LogP contribution in [0.2, 0.25) is 0 Å². The van der Waals surface area contributed by atoms with Gasteiger partial charge in [0, 0.05) is 13.5 Å². The molecule has 0 aliphatic rings. The van der Waals surface area contributed by atoms with Crippen LogP contribution in [0.15, 0.2) is 0 Å². The Morgan fingerprint density at radius 2 is 1.50 bits per heavy atom. The lowest BCUT2D eigenvalue weighted by Crippen LogP contribution is -1.78. The Bertz CT molecular complexity index is 52.9. The molecule has 0 amide bonds. The van der Waals surface area contributed by atoms with Crippen molar-refractivity contribution in [2.75, 3.05) is 11.9 Å². The first-order chi connectivity index (χ1) is 4.56. The molecule has 0 aliphatic carbocycles. The molecular weight excluding hydrogens is 179 g/mol. The second kappa shape index (κ2) is 23.0. The summed E-state index contributed by atoms with van der Waals surface area (Å²) < 4.78 is 0. The van der Waals surface area contributed by atoms with Crippen molar-refractivity contribution >= 4 is 29.2 Å². The third-order valence-corrected chi connectivity index (χ3v) is 0. The highest BCUT2D eigenvalue weighted by Gasteiger charge is 1.65. The Morgan fingerprint density at radius 1 is 1.50 bits per heavy atom. The quantitative estimate of drug-likeness (QED) is 0.570. The molecule has 0 bridgehead atoms. The minimum Gasteiger partial charge on any atom is -0.481 e. The van der Waals surface area contributed by atoms with Crippen LogP contribution in [-0.4, -0.2) is 28.1 Å². The van der Waals surface area contributed by atoms with Gasteiger partial charge in [0.25, 0.3) is 5.97 Å². The van der Waals surface area contributed by atoms with Crippen molar-refractivity contribution in [3.8, 4) is 0 Å². The average Bonchev–Trinajstić information content (AvgIpc) is 1.65. The first-order valence-electron chi connectivity index (χ1n) is 2.49. The Kier molecular flexibility index (Phi) is 38.1. The van der Waals surface area contributed by atoms with Gasteiger partial charge in [-0.3, -0.25) is 4.79 Å². The van der Waals surface area contributed by atoms with Crippen molar-refractivity contribution in [1.29, 1.82) is 0 Å². The van der Waals surface area contributed by atoms with Crippen molar-refractivity contribution in [3.05, 3.63) is 0 Å². The molecule has 0 aromatic heterocycles. The van der Waals surface area contributed by atoms with Crippen LogP contribution in [0.1, 0.15) is 13.8 Å². The van der Waals surface area contributed by atoms with Gasteiger partial charge in [-0.2, -0.15) is 0 Å². The van der Waals surface area contributed by atoms with Gasteiger partial charge in [0.2, 0.25) is 0 Å². The number of alkyl halides is 2. The number of carboxylic acids is 1. The van der Waals surface area contributed by atoms with Crippen LogP contribution in [0, 0.1) is 0 Å². The molecule has 10 heavy (non-hydrogen) atoms. The number of aliphatic hydroxyl groups is 1. The molecule has 0 aromatic carbocycles. The van der Waals surface area contributed by atoms with Crippen LogP contribution in [-0.2, 0) is 4.79 Å². The highest BCUT2D eigenvalue weighted by Crippen LogP contribution is 1.73. The van der Waals surface area contributed by atoms with Gasteiger partial charge in [-0.05, 0) is 6.92 Å². The summed E-state index contributed by atoms with van der Waals surface area (Å²) in [5, 5.41) is 15.2. The predicted octanol–water partition coefficient (Wildman–Crippen LogP) is 1.51. The van der Waals surface area contributed by atoms with Gasteiger partial charge in [-0.1, -0.05) is 0 Å². The van der Waals surface area contributed by atoms with Crippen molar-refractivity contribution in [3.63, 3.8) is 0 Å². The van der Waals surface area contributed by atoms with Gasteiger partial charge in [-0.15, -0.1) is 23.2 Å². The lowest BCUT2D eigenvalue weighted by Gasteiger charge is -1.59. The molecule has 0 aromatic rings. The molecule has 0 heterocycles. The third kappa shape index (κ3) is 3940000. The number of hydrogen-bond donors (Lipinski definition) is 2.